The smallest absolute Gasteiger partial charge is 0.355 e. The van der Waals surface area contributed by atoms with Gasteiger partial charge in [0.25, 0.3) is 0 Å². The lowest BCUT2D eigenvalue weighted by Crippen LogP contribution is -2.39. The van der Waals surface area contributed by atoms with Gasteiger partial charge in [0.15, 0.2) is 0 Å². The second kappa shape index (κ2) is 9.89. The Balaban J connectivity index is 2.48. The molecule has 1 heterocycles. The van der Waals surface area contributed by atoms with Gasteiger partial charge in [-0.15, -0.1) is 0 Å². The third-order valence-corrected chi connectivity index (χ3v) is 3.93. The maximum atomic E-state index is 14.7. The number of anilines is 2. The van der Waals surface area contributed by atoms with Crippen molar-refractivity contribution >= 4 is 23.3 Å². The van der Waals surface area contributed by atoms with E-state index in [1.807, 2.05) is 0 Å². The van der Waals surface area contributed by atoms with E-state index in [9.17, 15) is 14.0 Å². The number of benzene rings is 1. The first-order chi connectivity index (χ1) is 13.0. The standard InChI is InChI=1S/C18H23FN2O6/c1-24-9-5-8-20-14-7-4-6-13(19)16(14)21-11-27-10-12(17(22)25-2)15(21)18(23)26-3/h4,6-7,20H,5,8-11H2,1-3H3. The SMILES string of the molecule is COCCCNc1cccc(F)c1N1COCC(C(=O)OC)=C1C(=O)OC. The van der Waals surface area contributed by atoms with Crippen LogP contribution in [0.5, 0.6) is 0 Å². The summed E-state index contributed by atoms with van der Waals surface area (Å²) in [4.78, 5) is 25.7. The first-order valence-electron chi connectivity index (χ1n) is 8.31. The molecule has 0 spiro atoms. The van der Waals surface area contributed by atoms with Gasteiger partial charge >= 0.3 is 11.9 Å². The van der Waals surface area contributed by atoms with E-state index in [1.54, 1.807) is 19.2 Å². The van der Waals surface area contributed by atoms with Crippen LogP contribution in [0.25, 0.3) is 0 Å². The van der Waals surface area contributed by atoms with Crippen LogP contribution >= 0.6 is 0 Å². The third-order valence-electron chi connectivity index (χ3n) is 3.93. The number of carbonyl (C=O) groups is 2. The van der Waals surface area contributed by atoms with Crippen LogP contribution in [0.2, 0.25) is 0 Å². The molecule has 0 fully saturated rings. The highest BCUT2D eigenvalue weighted by Gasteiger charge is 2.34. The molecule has 1 aromatic rings. The number of esters is 2. The summed E-state index contributed by atoms with van der Waals surface area (Å²) in [6.45, 7) is 0.807. The molecule has 1 aliphatic heterocycles. The Morgan fingerprint density at radius 3 is 2.63 bits per heavy atom. The molecule has 0 amide bonds. The fourth-order valence-corrected chi connectivity index (χ4v) is 2.69. The average Bonchev–Trinajstić information content (AvgIpc) is 2.69. The first kappa shape index (κ1) is 20.7. The van der Waals surface area contributed by atoms with Gasteiger partial charge in [0, 0.05) is 20.3 Å². The predicted octanol–water partition coefficient (Wildman–Crippen LogP) is 1.67. The number of ether oxygens (including phenoxy) is 4. The molecule has 0 atom stereocenters. The maximum Gasteiger partial charge on any atom is 0.355 e. The number of nitrogens with zero attached hydrogens (tertiary/aromatic N) is 1. The Kier molecular flexibility index (Phi) is 7.56. The zero-order valence-electron chi connectivity index (χ0n) is 15.5. The molecule has 0 aromatic heterocycles. The Bertz CT molecular complexity index is 722. The van der Waals surface area contributed by atoms with Gasteiger partial charge in [-0.2, -0.15) is 0 Å². The lowest BCUT2D eigenvalue weighted by atomic mass is 10.1. The van der Waals surface area contributed by atoms with Crippen LogP contribution in [-0.2, 0) is 28.5 Å². The van der Waals surface area contributed by atoms with Crippen molar-refractivity contribution in [2.24, 2.45) is 0 Å². The Morgan fingerprint density at radius 2 is 1.96 bits per heavy atom. The summed E-state index contributed by atoms with van der Waals surface area (Å²) in [6, 6.07) is 4.48. The number of hydrogen-bond acceptors (Lipinski definition) is 8. The average molecular weight is 382 g/mol. The highest BCUT2D eigenvalue weighted by atomic mass is 19.1. The lowest BCUT2D eigenvalue weighted by molar-refractivity contribution is -0.140. The van der Waals surface area contributed by atoms with Crippen LogP contribution < -0.4 is 10.2 Å². The van der Waals surface area contributed by atoms with Crippen LogP contribution in [0, 0.1) is 5.82 Å². The zero-order chi connectivity index (χ0) is 19.8. The van der Waals surface area contributed by atoms with Crippen molar-refractivity contribution in [2.45, 2.75) is 6.42 Å². The van der Waals surface area contributed by atoms with E-state index in [0.29, 0.717) is 25.3 Å². The van der Waals surface area contributed by atoms with Gasteiger partial charge in [0.1, 0.15) is 23.9 Å². The normalized spacial score (nSPS) is 14.1. The summed E-state index contributed by atoms with van der Waals surface area (Å²) in [5, 5.41) is 3.11. The summed E-state index contributed by atoms with van der Waals surface area (Å²) in [5.41, 5.74) is 0.378. The van der Waals surface area contributed by atoms with E-state index < -0.39 is 17.8 Å². The molecule has 0 unspecified atom stereocenters. The summed E-state index contributed by atoms with van der Waals surface area (Å²) in [6.07, 6.45) is 0.704. The second-order valence-corrected chi connectivity index (χ2v) is 5.63. The Labute approximate surface area is 156 Å². The fraction of sp³-hybridized carbons (Fsp3) is 0.444. The molecule has 2 rings (SSSR count). The van der Waals surface area contributed by atoms with E-state index >= 15 is 0 Å². The minimum absolute atomic E-state index is 0.0378. The van der Waals surface area contributed by atoms with Crippen molar-refractivity contribution < 1.29 is 32.9 Å². The number of nitrogens with one attached hydrogen (secondary N) is 1. The Hall–Kier alpha value is -2.65. The Morgan fingerprint density at radius 1 is 1.22 bits per heavy atom. The third kappa shape index (κ3) is 4.75. The molecule has 0 saturated carbocycles. The molecule has 1 aromatic carbocycles. The monoisotopic (exact) mass is 382 g/mol. The molecule has 0 saturated heterocycles. The van der Waals surface area contributed by atoms with Gasteiger partial charge in [0.2, 0.25) is 0 Å². The van der Waals surface area contributed by atoms with Crippen molar-refractivity contribution in [3.05, 3.63) is 35.3 Å². The van der Waals surface area contributed by atoms with Crippen molar-refractivity contribution in [1.82, 2.24) is 0 Å². The topological polar surface area (TPSA) is 86.3 Å². The minimum Gasteiger partial charge on any atom is -0.466 e. The van der Waals surface area contributed by atoms with E-state index in [2.05, 4.69) is 5.32 Å². The number of carbonyl (C=O) groups excluding carboxylic acids is 2. The van der Waals surface area contributed by atoms with Gasteiger partial charge in [-0.3, -0.25) is 0 Å². The molecule has 0 bridgehead atoms. The molecular weight excluding hydrogens is 359 g/mol. The van der Waals surface area contributed by atoms with E-state index in [0.717, 1.165) is 0 Å². The largest absolute Gasteiger partial charge is 0.466 e. The van der Waals surface area contributed by atoms with Crippen molar-refractivity contribution in [3.8, 4) is 0 Å². The molecule has 148 valence electrons. The molecule has 0 aliphatic carbocycles. The number of hydrogen-bond donors (Lipinski definition) is 1. The van der Waals surface area contributed by atoms with E-state index in [4.69, 9.17) is 18.9 Å². The van der Waals surface area contributed by atoms with E-state index in [1.165, 1.54) is 25.2 Å². The van der Waals surface area contributed by atoms with E-state index in [-0.39, 0.29) is 30.3 Å². The van der Waals surface area contributed by atoms with Crippen LogP contribution in [0.15, 0.2) is 29.5 Å². The molecule has 8 nitrogen and oxygen atoms in total. The number of rotatable bonds is 8. The number of halogens is 1. The fourth-order valence-electron chi connectivity index (χ4n) is 2.69. The molecular formula is C18H23FN2O6. The zero-order valence-corrected chi connectivity index (χ0v) is 15.5. The van der Waals surface area contributed by atoms with Crippen LogP contribution in [0.4, 0.5) is 15.8 Å². The predicted molar refractivity (Wildman–Crippen MR) is 95.7 cm³/mol. The quantitative estimate of drug-likeness (QED) is 0.537. The maximum absolute atomic E-state index is 14.7. The van der Waals surface area contributed by atoms with Crippen molar-refractivity contribution in [1.29, 1.82) is 0 Å². The van der Waals surface area contributed by atoms with Gasteiger partial charge in [0.05, 0.1) is 32.1 Å². The van der Waals surface area contributed by atoms with Crippen LogP contribution in [-0.4, -0.2) is 59.8 Å². The highest BCUT2D eigenvalue weighted by molar-refractivity contribution is 6.04. The summed E-state index contributed by atoms with van der Waals surface area (Å²) < 4.78 is 34.6. The van der Waals surface area contributed by atoms with Gasteiger partial charge in [-0.1, -0.05) is 6.07 Å². The number of methoxy groups -OCH3 is 3. The summed E-state index contributed by atoms with van der Waals surface area (Å²) in [7, 11) is 3.97. The number of para-hydroxylation sites is 1. The van der Waals surface area contributed by atoms with Crippen molar-refractivity contribution in [2.75, 3.05) is 58.0 Å². The first-order valence-corrected chi connectivity index (χ1v) is 8.31. The molecule has 1 N–H and O–H groups in total. The van der Waals surface area contributed by atoms with Crippen LogP contribution in [0.1, 0.15) is 6.42 Å². The van der Waals surface area contributed by atoms with Crippen LogP contribution in [0.3, 0.4) is 0 Å². The molecule has 1 aliphatic rings. The van der Waals surface area contributed by atoms with Gasteiger partial charge < -0.3 is 29.2 Å². The molecule has 0 radical (unpaired) electrons. The minimum atomic E-state index is -0.785. The molecule has 27 heavy (non-hydrogen) atoms. The van der Waals surface area contributed by atoms with Gasteiger partial charge in [-0.05, 0) is 18.6 Å². The second-order valence-electron chi connectivity index (χ2n) is 5.63. The summed E-state index contributed by atoms with van der Waals surface area (Å²) in [5.74, 6) is -2.11. The highest BCUT2D eigenvalue weighted by Crippen LogP contribution is 2.35. The lowest BCUT2D eigenvalue weighted by Gasteiger charge is -2.32. The molecule has 9 heteroatoms. The summed E-state index contributed by atoms with van der Waals surface area (Å²) >= 11 is 0. The van der Waals surface area contributed by atoms with Crippen molar-refractivity contribution in [3.63, 3.8) is 0 Å². The van der Waals surface area contributed by atoms with Gasteiger partial charge in [-0.25, -0.2) is 14.0 Å².